The van der Waals surface area contributed by atoms with Gasteiger partial charge in [0.25, 0.3) is 0 Å². The SMILES string of the molecule is COC(=O)c1cc(Cn2cc(C(=O)O)c(=O)c3cc(I)ccc32)ccc1O. The lowest BCUT2D eigenvalue weighted by Crippen LogP contribution is -2.19. The lowest BCUT2D eigenvalue weighted by atomic mass is 10.1. The molecule has 8 heteroatoms. The van der Waals surface area contributed by atoms with E-state index in [1.807, 2.05) is 6.07 Å². The van der Waals surface area contributed by atoms with Crippen molar-refractivity contribution < 1.29 is 24.5 Å². The first kappa shape index (κ1) is 18.9. The molecule has 2 aromatic carbocycles. The van der Waals surface area contributed by atoms with Gasteiger partial charge in [0, 0.05) is 21.7 Å². The number of halogens is 1. The Kier molecular flexibility index (Phi) is 5.17. The number of rotatable bonds is 4. The van der Waals surface area contributed by atoms with Crippen LogP contribution in [-0.2, 0) is 11.3 Å². The lowest BCUT2D eigenvalue weighted by Gasteiger charge is -2.14. The fourth-order valence-electron chi connectivity index (χ4n) is 2.80. The average Bonchev–Trinajstić information content (AvgIpc) is 2.64. The first-order valence-corrected chi connectivity index (χ1v) is 8.86. The second-order valence-corrected chi connectivity index (χ2v) is 7.06. The highest BCUT2D eigenvalue weighted by Crippen LogP contribution is 2.22. The van der Waals surface area contributed by atoms with Crippen LogP contribution in [0.15, 0.2) is 47.4 Å². The van der Waals surface area contributed by atoms with Crippen molar-refractivity contribution in [3.63, 3.8) is 0 Å². The maximum atomic E-state index is 12.5. The van der Waals surface area contributed by atoms with Crippen LogP contribution < -0.4 is 5.43 Å². The van der Waals surface area contributed by atoms with E-state index in [0.29, 0.717) is 16.5 Å². The van der Waals surface area contributed by atoms with Crippen molar-refractivity contribution in [3.05, 3.63) is 73.1 Å². The highest BCUT2D eigenvalue weighted by atomic mass is 127. The molecule has 1 heterocycles. The summed E-state index contributed by atoms with van der Waals surface area (Å²) in [7, 11) is 1.21. The summed E-state index contributed by atoms with van der Waals surface area (Å²) in [6, 6.07) is 9.64. The molecule has 1 aromatic heterocycles. The van der Waals surface area contributed by atoms with Crippen LogP contribution >= 0.6 is 22.6 Å². The van der Waals surface area contributed by atoms with E-state index in [9.17, 15) is 24.6 Å². The summed E-state index contributed by atoms with van der Waals surface area (Å²) in [6.45, 7) is 0.196. The third kappa shape index (κ3) is 3.65. The molecule has 2 N–H and O–H groups in total. The molecule has 0 aliphatic rings. The number of esters is 1. The molecule has 0 unspecified atom stereocenters. The number of aromatic hydroxyl groups is 1. The lowest BCUT2D eigenvalue weighted by molar-refractivity contribution is 0.0596. The van der Waals surface area contributed by atoms with E-state index in [2.05, 4.69) is 27.3 Å². The third-order valence-electron chi connectivity index (χ3n) is 4.09. The van der Waals surface area contributed by atoms with Crippen LogP contribution in [0.5, 0.6) is 5.75 Å². The van der Waals surface area contributed by atoms with Crippen molar-refractivity contribution in [2.75, 3.05) is 7.11 Å². The number of methoxy groups -OCH3 is 1. The number of nitrogens with zero attached hydrogens (tertiary/aromatic N) is 1. The molecule has 0 fully saturated rings. The molecule has 3 rings (SSSR count). The number of fused-ring (bicyclic) bond motifs is 1. The molecule has 0 amide bonds. The van der Waals surface area contributed by atoms with E-state index >= 15 is 0 Å². The van der Waals surface area contributed by atoms with Gasteiger partial charge in [0.15, 0.2) is 0 Å². The van der Waals surface area contributed by atoms with Gasteiger partial charge in [-0.2, -0.15) is 0 Å². The van der Waals surface area contributed by atoms with Gasteiger partial charge in [-0.3, -0.25) is 4.79 Å². The fraction of sp³-hybridized carbons (Fsp3) is 0.105. The number of aromatic carboxylic acids is 1. The van der Waals surface area contributed by atoms with E-state index in [4.69, 9.17) is 0 Å². The van der Waals surface area contributed by atoms with Gasteiger partial charge in [0.2, 0.25) is 5.43 Å². The third-order valence-corrected chi connectivity index (χ3v) is 4.76. The van der Waals surface area contributed by atoms with Crippen LogP contribution in [0.25, 0.3) is 10.9 Å². The van der Waals surface area contributed by atoms with Crippen molar-refractivity contribution in [3.8, 4) is 5.75 Å². The number of phenolic OH excluding ortho intramolecular Hbond substituents is 1. The summed E-state index contributed by atoms with van der Waals surface area (Å²) in [6.07, 6.45) is 1.28. The van der Waals surface area contributed by atoms with Crippen LogP contribution in [0.1, 0.15) is 26.3 Å². The quantitative estimate of drug-likeness (QED) is 0.441. The predicted molar refractivity (Wildman–Crippen MR) is 106 cm³/mol. The molecule has 3 aromatic rings. The molecule has 0 aliphatic heterocycles. The van der Waals surface area contributed by atoms with Gasteiger partial charge < -0.3 is 19.5 Å². The Hall–Kier alpha value is -2.88. The number of hydrogen-bond acceptors (Lipinski definition) is 5. The van der Waals surface area contributed by atoms with Gasteiger partial charge in [0.05, 0.1) is 12.6 Å². The highest BCUT2D eigenvalue weighted by molar-refractivity contribution is 14.1. The number of aromatic nitrogens is 1. The summed E-state index contributed by atoms with van der Waals surface area (Å²) in [5.41, 5.74) is 0.323. The minimum absolute atomic E-state index is 0.00774. The molecular formula is C19H14INO6. The Balaban J connectivity index is 2.18. The number of pyridine rings is 1. The van der Waals surface area contributed by atoms with Crippen LogP contribution in [0.3, 0.4) is 0 Å². The number of benzene rings is 2. The number of carboxylic acids is 1. The second kappa shape index (κ2) is 7.39. The number of carbonyl (C=O) groups excluding carboxylic acids is 1. The van der Waals surface area contributed by atoms with E-state index in [1.54, 1.807) is 22.8 Å². The minimum atomic E-state index is -1.31. The van der Waals surface area contributed by atoms with E-state index in [-0.39, 0.29) is 23.4 Å². The molecule has 27 heavy (non-hydrogen) atoms. The minimum Gasteiger partial charge on any atom is -0.507 e. The zero-order valence-electron chi connectivity index (χ0n) is 14.1. The summed E-state index contributed by atoms with van der Waals surface area (Å²) in [5.74, 6) is -2.20. The number of carbonyl (C=O) groups is 2. The van der Waals surface area contributed by atoms with Crippen molar-refractivity contribution in [2.45, 2.75) is 6.54 Å². The average molecular weight is 479 g/mol. The molecule has 138 valence electrons. The van der Waals surface area contributed by atoms with Gasteiger partial charge in [0.1, 0.15) is 16.9 Å². The molecule has 7 nitrogen and oxygen atoms in total. The first-order chi connectivity index (χ1) is 12.8. The summed E-state index contributed by atoms with van der Waals surface area (Å²) < 4.78 is 7.08. The second-order valence-electron chi connectivity index (χ2n) is 5.81. The Morgan fingerprint density at radius 1 is 1.15 bits per heavy atom. The summed E-state index contributed by atoms with van der Waals surface area (Å²) in [4.78, 5) is 35.7. The van der Waals surface area contributed by atoms with Gasteiger partial charge in [-0.25, -0.2) is 9.59 Å². The molecule has 0 atom stereocenters. The van der Waals surface area contributed by atoms with Crippen molar-refractivity contribution >= 4 is 45.4 Å². The van der Waals surface area contributed by atoms with Gasteiger partial charge in [-0.1, -0.05) is 6.07 Å². The Morgan fingerprint density at radius 3 is 2.56 bits per heavy atom. The molecule has 0 bridgehead atoms. The standard InChI is InChI=1S/C19H14INO6/c1-27-19(26)13-6-10(2-5-16(13)22)8-21-9-14(18(24)25)17(23)12-7-11(20)3-4-15(12)21/h2-7,9,22H,8H2,1H3,(H,24,25). The molecule has 0 saturated carbocycles. The van der Waals surface area contributed by atoms with Gasteiger partial charge in [-0.15, -0.1) is 0 Å². The van der Waals surface area contributed by atoms with Gasteiger partial charge in [-0.05, 0) is 58.5 Å². The number of phenols is 1. The Morgan fingerprint density at radius 2 is 1.89 bits per heavy atom. The van der Waals surface area contributed by atoms with Crippen molar-refractivity contribution in [2.24, 2.45) is 0 Å². The van der Waals surface area contributed by atoms with Gasteiger partial charge >= 0.3 is 11.9 Å². The topological polar surface area (TPSA) is 106 Å². The van der Waals surface area contributed by atoms with Crippen LogP contribution in [0, 0.1) is 3.57 Å². The number of ether oxygens (including phenoxy) is 1. The molecule has 0 saturated heterocycles. The number of carboxylic acid groups (broad SMARTS) is 1. The van der Waals surface area contributed by atoms with Crippen molar-refractivity contribution in [1.29, 1.82) is 0 Å². The normalized spacial score (nSPS) is 10.7. The van der Waals surface area contributed by atoms with Crippen LogP contribution in [0.4, 0.5) is 0 Å². The van der Waals surface area contributed by atoms with E-state index in [0.717, 1.165) is 3.57 Å². The molecular weight excluding hydrogens is 465 g/mol. The largest absolute Gasteiger partial charge is 0.507 e. The monoisotopic (exact) mass is 479 g/mol. The zero-order chi connectivity index (χ0) is 19.7. The number of hydrogen-bond donors (Lipinski definition) is 2. The fourth-order valence-corrected chi connectivity index (χ4v) is 3.30. The van der Waals surface area contributed by atoms with Crippen molar-refractivity contribution in [1.82, 2.24) is 4.57 Å². The highest BCUT2D eigenvalue weighted by Gasteiger charge is 2.16. The maximum Gasteiger partial charge on any atom is 0.341 e. The predicted octanol–water partition coefficient (Wildman–Crippen LogP) is 2.84. The Bertz CT molecular complexity index is 1130. The first-order valence-electron chi connectivity index (χ1n) is 7.78. The molecule has 0 radical (unpaired) electrons. The molecule has 0 aliphatic carbocycles. The van der Waals surface area contributed by atoms with Crippen LogP contribution in [0.2, 0.25) is 0 Å². The van der Waals surface area contributed by atoms with E-state index < -0.39 is 17.4 Å². The molecule has 0 spiro atoms. The zero-order valence-corrected chi connectivity index (χ0v) is 16.3. The smallest absolute Gasteiger partial charge is 0.341 e. The summed E-state index contributed by atoms with van der Waals surface area (Å²) in [5, 5.41) is 19.5. The summed E-state index contributed by atoms with van der Waals surface area (Å²) >= 11 is 2.05. The maximum absolute atomic E-state index is 12.5. The Labute approximate surface area is 167 Å². The van der Waals surface area contributed by atoms with E-state index in [1.165, 1.54) is 25.4 Å². The van der Waals surface area contributed by atoms with Crippen LogP contribution in [-0.4, -0.2) is 33.8 Å².